The van der Waals surface area contributed by atoms with Gasteiger partial charge >= 0.3 is 5.97 Å². The Labute approximate surface area is 107 Å². The molecule has 2 N–H and O–H groups in total. The van der Waals surface area contributed by atoms with Gasteiger partial charge in [-0.05, 0) is 19.1 Å². The zero-order valence-corrected chi connectivity index (χ0v) is 10.1. The number of anilines is 1. The predicted molar refractivity (Wildman–Crippen MR) is 63.8 cm³/mol. The molecule has 0 unspecified atom stereocenters. The van der Waals surface area contributed by atoms with Crippen molar-refractivity contribution in [3.63, 3.8) is 0 Å². The summed E-state index contributed by atoms with van der Waals surface area (Å²) in [6, 6.07) is 1.95. The van der Waals surface area contributed by atoms with E-state index in [0.29, 0.717) is 0 Å². The first kappa shape index (κ1) is 13.0. The quantitative estimate of drug-likeness (QED) is 0.681. The Bertz CT molecular complexity index is 602. The molecular weight excluding hydrogens is 256 g/mol. The van der Waals surface area contributed by atoms with E-state index in [-0.39, 0.29) is 17.9 Å². The molecule has 0 spiro atoms. The van der Waals surface area contributed by atoms with E-state index >= 15 is 0 Å². The molecule has 0 saturated heterocycles. The van der Waals surface area contributed by atoms with E-state index < -0.39 is 23.3 Å². The van der Waals surface area contributed by atoms with Crippen LogP contribution in [0.4, 0.5) is 14.5 Å². The van der Waals surface area contributed by atoms with E-state index in [0.717, 1.165) is 16.8 Å². The second-order valence-corrected chi connectivity index (χ2v) is 3.73. The number of ether oxygens (including phenoxy) is 1. The molecule has 100 valence electrons. The Hall–Kier alpha value is -2.44. The number of halogens is 2. The second kappa shape index (κ2) is 5.05. The summed E-state index contributed by atoms with van der Waals surface area (Å²) in [5.74, 6) is -2.34. The van der Waals surface area contributed by atoms with Crippen LogP contribution in [-0.4, -0.2) is 22.4 Å². The summed E-state index contributed by atoms with van der Waals surface area (Å²) in [5.41, 5.74) is 5.00. The highest BCUT2D eigenvalue weighted by Gasteiger charge is 2.16. The van der Waals surface area contributed by atoms with Gasteiger partial charge in [0.25, 0.3) is 0 Å². The first-order chi connectivity index (χ1) is 9.02. The third kappa shape index (κ3) is 2.54. The lowest BCUT2D eigenvalue weighted by atomic mass is 10.2. The van der Waals surface area contributed by atoms with Gasteiger partial charge in [-0.2, -0.15) is 5.10 Å². The van der Waals surface area contributed by atoms with Crippen molar-refractivity contribution in [2.75, 3.05) is 12.3 Å². The second-order valence-electron chi connectivity index (χ2n) is 3.73. The average molecular weight is 267 g/mol. The van der Waals surface area contributed by atoms with E-state index in [4.69, 9.17) is 10.5 Å². The summed E-state index contributed by atoms with van der Waals surface area (Å²) in [6.07, 6.45) is 2.36. The van der Waals surface area contributed by atoms with E-state index in [9.17, 15) is 13.6 Å². The molecule has 0 saturated carbocycles. The van der Waals surface area contributed by atoms with Crippen molar-refractivity contribution in [2.45, 2.75) is 6.92 Å². The number of carbonyl (C=O) groups is 1. The van der Waals surface area contributed by atoms with Crippen LogP contribution in [0, 0.1) is 11.6 Å². The summed E-state index contributed by atoms with van der Waals surface area (Å²) in [6.45, 7) is 1.86. The van der Waals surface area contributed by atoms with Gasteiger partial charge in [0, 0.05) is 11.9 Å². The predicted octanol–water partition coefficient (Wildman–Crippen LogP) is 1.91. The zero-order chi connectivity index (χ0) is 14.0. The fraction of sp³-hybridized carbons (Fsp3) is 0.167. The lowest BCUT2D eigenvalue weighted by molar-refractivity contribution is 0.0526. The molecule has 7 heteroatoms. The molecule has 0 bridgehead atoms. The molecule has 2 rings (SSSR count). The minimum atomic E-state index is -0.865. The molecule has 0 aliphatic rings. The fourth-order valence-corrected chi connectivity index (χ4v) is 1.57. The lowest BCUT2D eigenvalue weighted by Crippen LogP contribution is -2.05. The number of carbonyl (C=O) groups excluding carboxylic acids is 1. The number of rotatable bonds is 3. The minimum Gasteiger partial charge on any atom is -0.462 e. The van der Waals surface area contributed by atoms with Crippen molar-refractivity contribution in [3.05, 3.63) is 41.7 Å². The van der Waals surface area contributed by atoms with Gasteiger partial charge < -0.3 is 10.5 Å². The molecule has 2 aromatic rings. The number of esters is 1. The van der Waals surface area contributed by atoms with Crippen LogP contribution in [0.25, 0.3) is 5.69 Å². The van der Waals surface area contributed by atoms with Gasteiger partial charge in [0.15, 0.2) is 11.6 Å². The van der Waals surface area contributed by atoms with Crippen molar-refractivity contribution < 1.29 is 18.3 Å². The molecule has 0 aliphatic carbocycles. The minimum absolute atomic E-state index is 0.0310. The van der Waals surface area contributed by atoms with Crippen LogP contribution >= 0.6 is 0 Å². The SMILES string of the molecule is CCOC(=O)c1cnn(-c2c(F)cc(N)cc2F)c1. The fourth-order valence-electron chi connectivity index (χ4n) is 1.57. The molecule has 0 aliphatic heterocycles. The monoisotopic (exact) mass is 267 g/mol. The lowest BCUT2D eigenvalue weighted by Gasteiger charge is -2.05. The Kier molecular flexibility index (Phi) is 3.46. The highest BCUT2D eigenvalue weighted by atomic mass is 19.1. The summed E-state index contributed by atoms with van der Waals surface area (Å²) in [5, 5.41) is 3.74. The van der Waals surface area contributed by atoms with Gasteiger partial charge in [0.05, 0.1) is 18.4 Å². The third-order valence-electron chi connectivity index (χ3n) is 2.36. The maximum Gasteiger partial charge on any atom is 0.341 e. The molecule has 5 nitrogen and oxygen atoms in total. The highest BCUT2D eigenvalue weighted by molar-refractivity contribution is 5.88. The van der Waals surface area contributed by atoms with E-state index in [1.54, 1.807) is 6.92 Å². The smallest absolute Gasteiger partial charge is 0.341 e. The summed E-state index contributed by atoms with van der Waals surface area (Å²) in [7, 11) is 0. The van der Waals surface area contributed by atoms with Gasteiger partial charge in [-0.25, -0.2) is 18.3 Å². The summed E-state index contributed by atoms with van der Waals surface area (Å²) < 4.78 is 33.0. The van der Waals surface area contributed by atoms with Crippen molar-refractivity contribution >= 4 is 11.7 Å². The number of nitrogen functional groups attached to an aromatic ring is 1. The van der Waals surface area contributed by atoms with Crippen LogP contribution in [0.1, 0.15) is 17.3 Å². The molecule has 1 aromatic heterocycles. The van der Waals surface area contributed by atoms with Gasteiger partial charge in [0.2, 0.25) is 0 Å². The molecule has 0 radical (unpaired) electrons. The molecule has 1 heterocycles. The molecule has 0 amide bonds. The van der Waals surface area contributed by atoms with Gasteiger partial charge in [0.1, 0.15) is 5.69 Å². The third-order valence-corrected chi connectivity index (χ3v) is 2.36. The van der Waals surface area contributed by atoms with Gasteiger partial charge in [-0.15, -0.1) is 0 Å². The zero-order valence-electron chi connectivity index (χ0n) is 10.1. The standard InChI is InChI=1S/C12H11F2N3O2/c1-2-19-12(18)7-5-16-17(6-7)11-9(13)3-8(15)4-10(11)14/h3-6H,2,15H2,1H3. The van der Waals surface area contributed by atoms with E-state index in [1.165, 1.54) is 12.4 Å². The first-order valence-corrected chi connectivity index (χ1v) is 5.49. The van der Waals surface area contributed by atoms with Crippen LogP contribution < -0.4 is 5.73 Å². The van der Waals surface area contributed by atoms with Crippen LogP contribution in [0.5, 0.6) is 0 Å². The van der Waals surface area contributed by atoms with Crippen molar-refractivity contribution in [1.29, 1.82) is 0 Å². The maximum atomic E-state index is 13.7. The number of hydrogen-bond donors (Lipinski definition) is 1. The van der Waals surface area contributed by atoms with Crippen LogP contribution in [-0.2, 0) is 4.74 Å². The number of nitrogens with zero attached hydrogens (tertiary/aromatic N) is 2. The number of benzene rings is 1. The Balaban J connectivity index is 2.41. The molecule has 0 atom stereocenters. The summed E-state index contributed by atoms with van der Waals surface area (Å²) >= 11 is 0. The molecule has 0 fully saturated rings. The van der Waals surface area contributed by atoms with Crippen LogP contribution in [0.2, 0.25) is 0 Å². The number of hydrogen-bond acceptors (Lipinski definition) is 4. The maximum absolute atomic E-state index is 13.7. The van der Waals surface area contributed by atoms with Crippen molar-refractivity contribution in [2.24, 2.45) is 0 Å². The van der Waals surface area contributed by atoms with E-state index in [1.807, 2.05) is 0 Å². The Morgan fingerprint density at radius 3 is 2.63 bits per heavy atom. The normalized spacial score (nSPS) is 10.5. The topological polar surface area (TPSA) is 70.1 Å². The molecule has 1 aromatic carbocycles. The summed E-state index contributed by atoms with van der Waals surface area (Å²) in [4.78, 5) is 11.4. The number of nitrogens with two attached hydrogens (primary N) is 1. The van der Waals surface area contributed by atoms with Crippen molar-refractivity contribution in [3.8, 4) is 5.69 Å². The van der Waals surface area contributed by atoms with E-state index in [2.05, 4.69) is 5.10 Å². The van der Waals surface area contributed by atoms with Crippen molar-refractivity contribution in [1.82, 2.24) is 9.78 Å². The van der Waals surface area contributed by atoms with Gasteiger partial charge in [-0.3, -0.25) is 0 Å². The van der Waals surface area contributed by atoms with Gasteiger partial charge in [-0.1, -0.05) is 0 Å². The van der Waals surface area contributed by atoms with Crippen LogP contribution in [0.3, 0.4) is 0 Å². The Morgan fingerprint density at radius 1 is 1.42 bits per heavy atom. The molecular formula is C12H11F2N3O2. The molecule has 19 heavy (non-hydrogen) atoms. The Morgan fingerprint density at radius 2 is 2.05 bits per heavy atom. The average Bonchev–Trinajstić information content (AvgIpc) is 2.77. The highest BCUT2D eigenvalue weighted by Crippen LogP contribution is 2.20. The largest absolute Gasteiger partial charge is 0.462 e. The van der Waals surface area contributed by atoms with Crippen LogP contribution in [0.15, 0.2) is 24.5 Å². The number of aromatic nitrogens is 2. The first-order valence-electron chi connectivity index (χ1n) is 5.49.